The highest BCUT2D eigenvalue weighted by Gasteiger charge is 2.28. The standard InChI is InChI=1S/C19H17Cl2N5O4/c20-13-2-1-11-12(10-6-23-24-7-10)5-15(25-18(11)17(13)21)26-3-4-30-14(9-26)19(29)22-8-16(27)28/h1-2,5-7,14H,3-4,8-9H2,(H,22,29)(H,23,24)(H,27,28)/t14-/m1/s1. The minimum absolute atomic E-state index is 0.215. The van der Waals surface area contributed by atoms with Gasteiger partial charge in [0.1, 0.15) is 12.4 Å². The lowest BCUT2D eigenvalue weighted by Gasteiger charge is -2.33. The highest BCUT2D eigenvalue weighted by molar-refractivity contribution is 6.45. The summed E-state index contributed by atoms with van der Waals surface area (Å²) in [6.45, 7) is 0.540. The maximum atomic E-state index is 12.2. The summed E-state index contributed by atoms with van der Waals surface area (Å²) in [5.74, 6) is -1.01. The summed E-state index contributed by atoms with van der Waals surface area (Å²) < 4.78 is 5.52. The Bertz CT molecular complexity index is 1110. The van der Waals surface area contributed by atoms with Crippen molar-refractivity contribution in [3.63, 3.8) is 0 Å². The van der Waals surface area contributed by atoms with E-state index < -0.39 is 24.5 Å². The molecule has 2 aromatic heterocycles. The molecule has 1 saturated heterocycles. The molecule has 0 aliphatic carbocycles. The number of anilines is 1. The zero-order valence-electron chi connectivity index (χ0n) is 15.6. The summed E-state index contributed by atoms with van der Waals surface area (Å²) >= 11 is 12.6. The smallest absolute Gasteiger partial charge is 0.322 e. The predicted octanol–water partition coefficient (Wildman–Crippen LogP) is 2.34. The van der Waals surface area contributed by atoms with Crippen molar-refractivity contribution in [2.45, 2.75) is 6.10 Å². The fraction of sp³-hybridized carbons (Fsp3) is 0.263. The summed E-state index contributed by atoms with van der Waals surface area (Å²) in [7, 11) is 0. The molecule has 1 fully saturated rings. The Morgan fingerprint density at radius 2 is 2.20 bits per heavy atom. The van der Waals surface area contributed by atoms with Crippen molar-refractivity contribution in [3.8, 4) is 11.1 Å². The normalized spacial score (nSPS) is 16.6. The fourth-order valence-corrected chi connectivity index (χ4v) is 3.67. The van der Waals surface area contributed by atoms with Crippen LogP contribution in [0.25, 0.3) is 22.0 Å². The molecule has 0 unspecified atom stereocenters. The number of aromatic amines is 1. The van der Waals surface area contributed by atoms with Gasteiger partial charge in [-0.05, 0) is 17.7 Å². The van der Waals surface area contributed by atoms with Crippen LogP contribution >= 0.6 is 23.2 Å². The van der Waals surface area contributed by atoms with Crippen LogP contribution in [0, 0.1) is 0 Å². The maximum Gasteiger partial charge on any atom is 0.322 e. The lowest BCUT2D eigenvalue weighted by atomic mass is 10.0. The Balaban J connectivity index is 1.71. The molecule has 156 valence electrons. The molecular weight excluding hydrogens is 433 g/mol. The number of carbonyl (C=O) groups excluding carboxylic acids is 1. The van der Waals surface area contributed by atoms with E-state index in [0.717, 1.165) is 16.5 Å². The monoisotopic (exact) mass is 449 g/mol. The third-order valence-corrected chi connectivity index (χ3v) is 5.56. The summed E-state index contributed by atoms with van der Waals surface area (Å²) in [5.41, 5.74) is 2.25. The molecule has 4 rings (SSSR count). The molecular formula is C19H17Cl2N5O4. The van der Waals surface area contributed by atoms with Crippen molar-refractivity contribution < 1.29 is 19.4 Å². The SMILES string of the molecule is O=C(O)CNC(=O)[C@H]1CN(c2cc(-c3cn[nH]c3)c3ccc(Cl)c(Cl)c3n2)CCO1. The zero-order valence-corrected chi connectivity index (χ0v) is 17.1. The number of morpholine rings is 1. The molecule has 1 atom stereocenters. The van der Waals surface area contributed by atoms with Gasteiger partial charge in [0.2, 0.25) is 0 Å². The molecule has 3 heterocycles. The van der Waals surface area contributed by atoms with Crippen LogP contribution in [0.4, 0.5) is 5.82 Å². The summed E-state index contributed by atoms with van der Waals surface area (Å²) in [6.07, 6.45) is 2.65. The number of H-pyrrole nitrogens is 1. The topological polar surface area (TPSA) is 120 Å². The minimum Gasteiger partial charge on any atom is -0.480 e. The summed E-state index contributed by atoms with van der Waals surface area (Å²) in [5, 5.41) is 19.5. The van der Waals surface area contributed by atoms with Gasteiger partial charge in [0, 0.05) is 23.7 Å². The van der Waals surface area contributed by atoms with Crippen LogP contribution in [-0.4, -0.2) is 64.5 Å². The fourth-order valence-electron chi connectivity index (χ4n) is 3.31. The molecule has 30 heavy (non-hydrogen) atoms. The average Bonchev–Trinajstić information content (AvgIpc) is 3.29. The number of pyridine rings is 1. The lowest BCUT2D eigenvalue weighted by molar-refractivity contribution is -0.140. The number of nitrogens with zero attached hydrogens (tertiary/aromatic N) is 3. The van der Waals surface area contributed by atoms with Crippen LogP contribution in [0.3, 0.4) is 0 Å². The van der Waals surface area contributed by atoms with Gasteiger partial charge < -0.3 is 20.1 Å². The third-order valence-electron chi connectivity index (χ3n) is 4.76. The molecule has 1 aliphatic rings. The number of carbonyl (C=O) groups is 2. The highest BCUT2D eigenvalue weighted by Crippen LogP contribution is 2.37. The second-order valence-corrected chi connectivity index (χ2v) is 7.47. The van der Waals surface area contributed by atoms with Gasteiger partial charge in [0.15, 0.2) is 6.10 Å². The van der Waals surface area contributed by atoms with E-state index in [4.69, 9.17) is 38.0 Å². The number of carboxylic acid groups (broad SMARTS) is 1. The van der Waals surface area contributed by atoms with E-state index >= 15 is 0 Å². The first kappa shape index (κ1) is 20.4. The first-order chi connectivity index (χ1) is 14.4. The Labute approximate surface area is 180 Å². The van der Waals surface area contributed by atoms with Gasteiger partial charge in [-0.3, -0.25) is 14.7 Å². The quantitative estimate of drug-likeness (QED) is 0.546. The summed E-state index contributed by atoms with van der Waals surface area (Å²) in [4.78, 5) is 29.5. The maximum absolute atomic E-state index is 12.2. The van der Waals surface area contributed by atoms with Gasteiger partial charge in [-0.15, -0.1) is 0 Å². The minimum atomic E-state index is -1.12. The van der Waals surface area contributed by atoms with Gasteiger partial charge in [0.25, 0.3) is 5.91 Å². The number of ether oxygens (including phenoxy) is 1. The van der Waals surface area contributed by atoms with Crippen molar-refractivity contribution in [3.05, 3.63) is 40.6 Å². The number of halogens is 2. The Kier molecular flexibility index (Phi) is 5.76. The van der Waals surface area contributed by atoms with Crippen LogP contribution in [0.2, 0.25) is 10.0 Å². The molecule has 9 nitrogen and oxygen atoms in total. The first-order valence-corrected chi connectivity index (χ1v) is 9.83. The number of aliphatic carboxylic acids is 1. The van der Waals surface area contributed by atoms with E-state index in [9.17, 15) is 9.59 Å². The highest BCUT2D eigenvalue weighted by atomic mass is 35.5. The van der Waals surface area contributed by atoms with Gasteiger partial charge >= 0.3 is 5.97 Å². The number of aromatic nitrogens is 3. The molecule has 0 radical (unpaired) electrons. The molecule has 1 aliphatic heterocycles. The number of hydrogen-bond donors (Lipinski definition) is 3. The molecule has 1 aromatic carbocycles. The van der Waals surface area contributed by atoms with Crippen LogP contribution in [0.15, 0.2) is 30.6 Å². The summed E-state index contributed by atoms with van der Waals surface area (Å²) in [6, 6.07) is 5.47. The van der Waals surface area contributed by atoms with Crippen LogP contribution in [0.5, 0.6) is 0 Å². The largest absolute Gasteiger partial charge is 0.480 e. The molecule has 0 bridgehead atoms. The van der Waals surface area contributed by atoms with Crippen molar-refractivity contribution >= 4 is 51.8 Å². The lowest BCUT2D eigenvalue weighted by Crippen LogP contribution is -2.50. The van der Waals surface area contributed by atoms with Crippen LogP contribution in [0.1, 0.15) is 0 Å². The van der Waals surface area contributed by atoms with E-state index in [0.29, 0.717) is 27.9 Å². The second kappa shape index (κ2) is 8.47. The van der Waals surface area contributed by atoms with Crippen molar-refractivity contribution in [1.82, 2.24) is 20.5 Å². The molecule has 3 aromatic rings. The van der Waals surface area contributed by atoms with E-state index in [2.05, 4.69) is 15.5 Å². The first-order valence-electron chi connectivity index (χ1n) is 9.08. The van der Waals surface area contributed by atoms with Crippen LogP contribution < -0.4 is 10.2 Å². The van der Waals surface area contributed by atoms with Crippen molar-refractivity contribution in [2.75, 3.05) is 31.1 Å². The molecule has 1 amide bonds. The van der Waals surface area contributed by atoms with Gasteiger partial charge in [-0.1, -0.05) is 29.3 Å². The predicted molar refractivity (Wildman–Crippen MR) is 112 cm³/mol. The third kappa shape index (κ3) is 4.04. The van der Waals surface area contributed by atoms with E-state index in [1.807, 2.05) is 17.0 Å². The Morgan fingerprint density at radius 1 is 1.37 bits per heavy atom. The molecule has 0 spiro atoms. The second-order valence-electron chi connectivity index (χ2n) is 6.69. The molecule has 11 heteroatoms. The van der Waals surface area contributed by atoms with Gasteiger partial charge in [-0.2, -0.15) is 5.10 Å². The number of carboxylic acids is 1. The van der Waals surface area contributed by atoms with E-state index in [1.54, 1.807) is 18.5 Å². The van der Waals surface area contributed by atoms with E-state index in [1.165, 1.54) is 0 Å². The Morgan fingerprint density at radius 3 is 2.93 bits per heavy atom. The van der Waals surface area contributed by atoms with Gasteiger partial charge in [-0.25, -0.2) is 4.98 Å². The number of fused-ring (bicyclic) bond motifs is 1. The number of benzene rings is 1. The van der Waals surface area contributed by atoms with Crippen molar-refractivity contribution in [2.24, 2.45) is 0 Å². The number of amides is 1. The number of nitrogens with one attached hydrogen (secondary N) is 2. The number of hydrogen-bond acceptors (Lipinski definition) is 6. The molecule has 0 saturated carbocycles. The zero-order chi connectivity index (χ0) is 21.3. The van der Waals surface area contributed by atoms with Gasteiger partial charge in [0.05, 0.1) is 34.9 Å². The molecule has 3 N–H and O–H groups in total. The van der Waals surface area contributed by atoms with Crippen molar-refractivity contribution in [1.29, 1.82) is 0 Å². The number of rotatable bonds is 5. The Hall–Kier alpha value is -2.88. The van der Waals surface area contributed by atoms with E-state index in [-0.39, 0.29) is 13.2 Å². The average molecular weight is 450 g/mol. The van der Waals surface area contributed by atoms with Crippen LogP contribution in [-0.2, 0) is 14.3 Å².